The summed E-state index contributed by atoms with van der Waals surface area (Å²) in [5.41, 5.74) is 5.48. The van der Waals surface area contributed by atoms with Crippen molar-refractivity contribution < 1.29 is 9.90 Å². The summed E-state index contributed by atoms with van der Waals surface area (Å²) in [6.45, 7) is 0.364. The average molecular weight is 305 g/mol. The monoisotopic (exact) mass is 304 g/mol. The number of hydrogen-bond acceptors (Lipinski definition) is 3. The van der Waals surface area contributed by atoms with Crippen LogP contribution >= 0.6 is 12.4 Å². The maximum absolute atomic E-state index is 12.2. The Morgan fingerprint density at radius 2 is 1.70 bits per heavy atom. The van der Waals surface area contributed by atoms with Crippen molar-refractivity contribution in [2.75, 3.05) is 6.54 Å². The second-order valence-electron chi connectivity index (χ2n) is 6.39. The van der Waals surface area contributed by atoms with E-state index in [-0.39, 0.29) is 18.3 Å². The lowest BCUT2D eigenvalue weighted by molar-refractivity contribution is -0.128. The van der Waals surface area contributed by atoms with Crippen LogP contribution in [-0.4, -0.2) is 29.2 Å². The van der Waals surface area contributed by atoms with Gasteiger partial charge in [0.2, 0.25) is 5.91 Å². The molecule has 0 aromatic heterocycles. The molecule has 1 unspecified atom stereocenters. The Labute approximate surface area is 128 Å². The quantitative estimate of drug-likeness (QED) is 0.745. The highest BCUT2D eigenvalue weighted by Gasteiger charge is 2.35. The van der Waals surface area contributed by atoms with Crippen molar-refractivity contribution in [1.82, 2.24) is 5.32 Å². The van der Waals surface area contributed by atoms with Crippen molar-refractivity contribution in [3.63, 3.8) is 0 Å². The number of aliphatic hydroxyl groups excluding tert-OH is 1. The molecule has 2 aliphatic carbocycles. The van der Waals surface area contributed by atoms with Crippen LogP contribution in [0.3, 0.4) is 0 Å². The summed E-state index contributed by atoms with van der Waals surface area (Å²) < 4.78 is 0. The van der Waals surface area contributed by atoms with E-state index in [1.807, 2.05) is 0 Å². The van der Waals surface area contributed by atoms with Crippen molar-refractivity contribution in [2.45, 2.75) is 75.9 Å². The van der Waals surface area contributed by atoms with Gasteiger partial charge in [-0.2, -0.15) is 0 Å². The van der Waals surface area contributed by atoms with Gasteiger partial charge in [0.25, 0.3) is 0 Å². The summed E-state index contributed by atoms with van der Waals surface area (Å²) >= 11 is 0. The first-order valence-electron chi connectivity index (χ1n) is 7.87. The Bertz CT molecular complexity index is 300. The van der Waals surface area contributed by atoms with E-state index in [2.05, 4.69) is 5.32 Å². The van der Waals surface area contributed by atoms with Crippen LogP contribution in [-0.2, 0) is 4.79 Å². The van der Waals surface area contributed by atoms with Crippen LogP contribution < -0.4 is 11.1 Å². The first kappa shape index (κ1) is 17.7. The van der Waals surface area contributed by atoms with E-state index in [1.54, 1.807) is 0 Å². The van der Waals surface area contributed by atoms with Crippen LogP contribution in [0.1, 0.15) is 64.2 Å². The highest BCUT2D eigenvalue weighted by atomic mass is 35.5. The highest BCUT2D eigenvalue weighted by molar-refractivity contribution is 5.86. The molecule has 1 amide bonds. The maximum atomic E-state index is 12.2. The Balaban J connectivity index is 0.00000200. The lowest BCUT2D eigenvalue weighted by Gasteiger charge is -2.33. The second-order valence-corrected chi connectivity index (χ2v) is 6.39. The van der Waals surface area contributed by atoms with Crippen LogP contribution in [0.4, 0.5) is 0 Å². The SMILES string of the molecule is Cl.NC1(C(=O)NCC(O)C2CCCCC2)CCCCC1. The second kappa shape index (κ2) is 8.20. The van der Waals surface area contributed by atoms with Crippen LogP contribution in [0.15, 0.2) is 0 Å². The number of carbonyl (C=O) groups excluding carboxylic acids is 1. The van der Waals surface area contributed by atoms with Crippen LogP contribution in [0.2, 0.25) is 0 Å². The molecule has 0 saturated heterocycles. The summed E-state index contributed by atoms with van der Waals surface area (Å²) in [7, 11) is 0. The zero-order valence-corrected chi connectivity index (χ0v) is 13.1. The molecule has 0 radical (unpaired) electrons. The molecule has 20 heavy (non-hydrogen) atoms. The van der Waals surface area contributed by atoms with Gasteiger partial charge in [-0.1, -0.05) is 38.5 Å². The maximum Gasteiger partial charge on any atom is 0.240 e. The first-order valence-corrected chi connectivity index (χ1v) is 7.87. The standard InChI is InChI=1S/C15H28N2O2.ClH/c16-15(9-5-2-6-10-15)14(19)17-11-13(18)12-7-3-1-4-8-12;/h12-13,18H,1-11,16H2,(H,17,19);1H. The molecule has 0 aromatic carbocycles. The van der Waals surface area contributed by atoms with Crippen molar-refractivity contribution >= 4 is 18.3 Å². The molecule has 2 rings (SSSR count). The highest BCUT2D eigenvalue weighted by Crippen LogP contribution is 2.27. The fraction of sp³-hybridized carbons (Fsp3) is 0.933. The minimum Gasteiger partial charge on any atom is -0.391 e. The number of amides is 1. The fourth-order valence-electron chi connectivity index (χ4n) is 3.47. The van der Waals surface area contributed by atoms with Gasteiger partial charge < -0.3 is 16.2 Å². The first-order chi connectivity index (χ1) is 9.12. The molecule has 2 fully saturated rings. The predicted octanol–water partition coefficient (Wildman–Crippen LogP) is 2.13. The van der Waals surface area contributed by atoms with Gasteiger partial charge in [-0.25, -0.2) is 0 Å². The molecule has 4 nitrogen and oxygen atoms in total. The molecule has 118 valence electrons. The lowest BCUT2D eigenvalue weighted by Crippen LogP contribution is -2.56. The summed E-state index contributed by atoms with van der Waals surface area (Å²) in [5, 5.41) is 13.0. The van der Waals surface area contributed by atoms with E-state index in [9.17, 15) is 9.90 Å². The number of hydrogen-bond donors (Lipinski definition) is 3. The summed E-state index contributed by atoms with van der Waals surface area (Å²) in [5.74, 6) is 0.288. The van der Waals surface area contributed by atoms with Crippen molar-refractivity contribution in [2.24, 2.45) is 11.7 Å². The molecule has 2 aliphatic rings. The molecule has 0 aromatic rings. The van der Waals surface area contributed by atoms with E-state index >= 15 is 0 Å². The largest absolute Gasteiger partial charge is 0.391 e. The number of carbonyl (C=O) groups is 1. The zero-order chi connectivity index (χ0) is 13.7. The van der Waals surface area contributed by atoms with Gasteiger partial charge in [-0.15, -0.1) is 12.4 Å². The van der Waals surface area contributed by atoms with Crippen molar-refractivity contribution in [1.29, 1.82) is 0 Å². The Morgan fingerprint density at radius 1 is 1.15 bits per heavy atom. The normalized spacial score (nSPS) is 24.5. The van der Waals surface area contributed by atoms with E-state index < -0.39 is 11.6 Å². The number of nitrogens with two attached hydrogens (primary N) is 1. The molecule has 2 saturated carbocycles. The molecule has 5 heteroatoms. The van der Waals surface area contributed by atoms with Gasteiger partial charge in [0.1, 0.15) is 0 Å². The number of aliphatic hydroxyl groups is 1. The third kappa shape index (κ3) is 4.61. The summed E-state index contributed by atoms with van der Waals surface area (Å²) in [6.07, 6.45) is 10.3. The van der Waals surface area contributed by atoms with Gasteiger partial charge >= 0.3 is 0 Å². The topological polar surface area (TPSA) is 75.4 Å². The summed E-state index contributed by atoms with van der Waals surface area (Å²) in [6, 6.07) is 0. The minimum absolute atomic E-state index is 0. The number of nitrogens with one attached hydrogen (secondary N) is 1. The molecular formula is C15H29ClN2O2. The third-order valence-electron chi connectivity index (χ3n) is 4.86. The van der Waals surface area contributed by atoms with Gasteiger partial charge in [0.05, 0.1) is 11.6 Å². The molecule has 0 aliphatic heterocycles. The van der Waals surface area contributed by atoms with Crippen LogP contribution in [0, 0.1) is 5.92 Å². The molecule has 1 atom stereocenters. The minimum atomic E-state index is -0.690. The molecule has 0 heterocycles. The van der Waals surface area contributed by atoms with E-state index in [0.29, 0.717) is 12.5 Å². The van der Waals surface area contributed by atoms with Gasteiger partial charge in [-0.05, 0) is 31.6 Å². The Hall–Kier alpha value is -0.320. The van der Waals surface area contributed by atoms with E-state index in [4.69, 9.17) is 5.73 Å². The summed E-state index contributed by atoms with van der Waals surface area (Å²) in [4.78, 5) is 12.2. The molecular weight excluding hydrogens is 276 g/mol. The smallest absolute Gasteiger partial charge is 0.240 e. The zero-order valence-electron chi connectivity index (χ0n) is 12.3. The fourth-order valence-corrected chi connectivity index (χ4v) is 3.47. The Morgan fingerprint density at radius 3 is 2.30 bits per heavy atom. The predicted molar refractivity (Wildman–Crippen MR) is 82.8 cm³/mol. The Kier molecular flexibility index (Phi) is 7.27. The molecule has 4 N–H and O–H groups in total. The number of rotatable bonds is 4. The van der Waals surface area contributed by atoms with E-state index in [1.165, 1.54) is 25.7 Å². The van der Waals surface area contributed by atoms with Gasteiger partial charge in [0.15, 0.2) is 0 Å². The van der Waals surface area contributed by atoms with Gasteiger partial charge in [0, 0.05) is 6.54 Å². The molecule has 0 bridgehead atoms. The third-order valence-corrected chi connectivity index (χ3v) is 4.86. The number of halogens is 1. The van der Waals surface area contributed by atoms with E-state index in [0.717, 1.165) is 38.5 Å². The van der Waals surface area contributed by atoms with Gasteiger partial charge in [-0.3, -0.25) is 4.79 Å². The van der Waals surface area contributed by atoms with Crippen LogP contribution in [0.5, 0.6) is 0 Å². The lowest BCUT2D eigenvalue weighted by atomic mass is 9.81. The van der Waals surface area contributed by atoms with Crippen molar-refractivity contribution in [3.05, 3.63) is 0 Å². The average Bonchev–Trinajstić information content (AvgIpc) is 2.46. The van der Waals surface area contributed by atoms with Crippen molar-refractivity contribution in [3.8, 4) is 0 Å². The molecule has 0 spiro atoms. The van der Waals surface area contributed by atoms with Crippen LogP contribution in [0.25, 0.3) is 0 Å².